The topological polar surface area (TPSA) is 38.3 Å². The van der Waals surface area contributed by atoms with Crippen LogP contribution in [0, 0.1) is 0 Å². The summed E-state index contributed by atoms with van der Waals surface area (Å²) < 4.78 is 4.93. The summed E-state index contributed by atoms with van der Waals surface area (Å²) in [5.74, 6) is 0.295. The van der Waals surface area contributed by atoms with Gasteiger partial charge in [-0.25, -0.2) is 0 Å². The highest BCUT2D eigenvalue weighted by Crippen LogP contribution is 2.12. The minimum atomic E-state index is -0.337. The van der Waals surface area contributed by atoms with Crippen LogP contribution in [-0.4, -0.2) is 13.0 Å². The third kappa shape index (κ3) is 1.89. The van der Waals surface area contributed by atoms with E-state index in [0.717, 1.165) is 0 Å². The molecule has 1 amide bonds. The fourth-order valence-corrected chi connectivity index (χ4v) is 0.928. The largest absolute Gasteiger partial charge is 0.497 e. The summed E-state index contributed by atoms with van der Waals surface area (Å²) in [4.78, 5) is 13.0. The van der Waals surface area contributed by atoms with Crippen molar-refractivity contribution in [3.63, 3.8) is 0 Å². The Hall–Kier alpha value is -1.22. The van der Waals surface area contributed by atoms with Crippen molar-refractivity contribution in [3.8, 4) is 5.75 Å². The van der Waals surface area contributed by atoms with Gasteiger partial charge in [0.05, 0.1) is 7.11 Å². The van der Waals surface area contributed by atoms with E-state index in [2.05, 4.69) is 0 Å². The second kappa shape index (κ2) is 3.97. The van der Waals surface area contributed by atoms with Gasteiger partial charge in [0.25, 0.3) is 5.91 Å². The summed E-state index contributed by atoms with van der Waals surface area (Å²) in [5.41, 5.74) is 0.476. The van der Waals surface area contributed by atoms with Crippen molar-refractivity contribution in [2.45, 2.75) is 0 Å². The molecule has 4 heteroatoms. The number of nitrogens with one attached hydrogen (secondary N) is 1. The van der Waals surface area contributed by atoms with E-state index in [-0.39, 0.29) is 5.91 Å². The van der Waals surface area contributed by atoms with Crippen LogP contribution in [0.15, 0.2) is 24.3 Å². The monoisotopic (exact) mass is 185 g/mol. The lowest BCUT2D eigenvalue weighted by Gasteiger charge is -2.01. The van der Waals surface area contributed by atoms with Gasteiger partial charge in [-0.1, -0.05) is 6.07 Å². The van der Waals surface area contributed by atoms with Gasteiger partial charge in [-0.15, -0.1) is 0 Å². The van der Waals surface area contributed by atoms with Gasteiger partial charge in [0.2, 0.25) is 0 Å². The van der Waals surface area contributed by atoms with E-state index in [0.29, 0.717) is 11.3 Å². The first-order chi connectivity index (χ1) is 5.77. The molecule has 1 rings (SSSR count). The third-order valence-corrected chi connectivity index (χ3v) is 1.59. The van der Waals surface area contributed by atoms with Gasteiger partial charge in [-0.3, -0.25) is 9.63 Å². The molecule has 12 heavy (non-hydrogen) atoms. The molecule has 0 bridgehead atoms. The van der Waals surface area contributed by atoms with Crippen LogP contribution < -0.4 is 9.57 Å². The first-order valence-electron chi connectivity index (χ1n) is 3.33. The van der Waals surface area contributed by atoms with Gasteiger partial charge in [0, 0.05) is 17.3 Å². The van der Waals surface area contributed by atoms with E-state index < -0.39 is 0 Å². The zero-order chi connectivity index (χ0) is 8.97. The third-order valence-electron chi connectivity index (χ3n) is 1.42. The minimum Gasteiger partial charge on any atom is -0.497 e. The number of amides is 1. The van der Waals surface area contributed by atoms with Crippen LogP contribution in [0.5, 0.6) is 5.75 Å². The first-order valence-corrected chi connectivity index (χ1v) is 3.70. The van der Waals surface area contributed by atoms with Crippen molar-refractivity contribution in [1.82, 2.24) is 4.84 Å². The highest BCUT2D eigenvalue weighted by Gasteiger charge is 2.03. The van der Waals surface area contributed by atoms with E-state index in [9.17, 15) is 4.79 Å². The van der Waals surface area contributed by atoms with Crippen LogP contribution in [0.1, 0.15) is 10.4 Å². The Bertz CT molecular complexity index is 288. The van der Waals surface area contributed by atoms with Crippen LogP contribution in [0.3, 0.4) is 0 Å². The van der Waals surface area contributed by atoms with Crippen molar-refractivity contribution < 1.29 is 9.53 Å². The number of hydrogen-bond donors (Lipinski definition) is 1. The minimum absolute atomic E-state index is 0.337. The summed E-state index contributed by atoms with van der Waals surface area (Å²) in [5, 5.41) is 0. The predicted octanol–water partition coefficient (Wildman–Crippen LogP) is 1.58. The van der Waals surface area contributed by atoms with Gasteiger partial charge >= 0.3 is 0 Å². The number of hydrogen-bond acceptors (Lipinski definition) is 2. The summed E-state index contributed by atoms with van der Waals surface area (Å²) in [6, 6.07) is 6.74. The molecule has 0 radical (unpaired) electrons. The lowest BCUT2D eigenvalue weighted by molar-refractivity contribution is 0.0981. The number of rotatable bonds is 2. The van der Waals surface area contributed by atoms with Gasteiger partial charge in [0.15, 0.2) is 0 Å². The molecule has 0 aliphatic rings. The van der Waals surface area contributed by atoms with E-state index >= 15 is 0 Å². The van der Waals surface area contributed by atoms with Gasteiger partial charge in [0.1, 0.15) is 5.75 Å². The maximum Gasteiger partial charge on any atom is 0.265 e. The molecule has 0 heterocycles. The normalized spacial score (nSPS) is 9.17. The molecule has 3 nitrogen and oxygen atoms in total. The quantitative estimate of drug-likeness (QED) is 0.711. The van der Waals surface area contributed by atoms with Crippen LogP contribution >= 0.6 is 11.8 Å². The molecule has 0 saturated carbocycles. The Kier molecular flexibility index (Phi) is 2.94. The van der Waals surface area contributed by atoms with Crippen molar-refractivity contribution in [2.75, 3.05) is 7.11 Å². The average Bonchev–Trinajstić information content (AvgIpc) is 2.17. The molecule has 1 aromatic rings. The molecule has 64 valence electrons. The van der Waals surface area contributed by atoms with Crippen molar-refractivity contribution >= 4 is 17.7 Å². The molecule has 0 spiro atoms. The lowest BCUT2D eigenvalue weighted by atomic mass is 10.2. The highest BCUT2D eigenvalue weighted by atomic mass is 35.5. The van der Waals surface area contributed by atoms with Gasteiger partial charge in [-0.2, -0.15) is 0 Å². The number of ether oxygens (including phenoxy) is 1. The van der Waals surface area contributed by atoms with Crippen LogP contribution in [0.4, 0.5) is 0 Å². The van der Waals surface area contributed by atoms with Gasteiger partial charge in [-0.05, 0) is 18.2 Å². The van der Waals surface area contributed by atoms with E-state index in [1.165, 1.54) is 7.11 Å². The molecule has 0 fully saturated rings. The zero-order valence-corrected chi connectivity index (χ0v) is 7.26. The number of carbonyl (C=O) groups is 1. The fraction of sp³-hybridized carbons (Fsp3) is 0.125. The van der Waals surface area contributed by atoms with Crippen molar-refractivity contribution in [1.29, 1.82) is 0 Å². The van der Waals surface area contributed by atoms with Crippen molar-refractivity contribution in [3.05, 3.63) is 29.8 Å². The fourth-order valence-electron chi connectivity index (χ4n) is 0.819. The van der Waals surface area contributed by atoms with E-state index in [1.54, 1.807) is 24.3 Å². The van der Waals surface area contributed by atoms with Crippen LogP contribution in [0.25, 0.3) is 0 Å². The summed E-state index contributed by atoms with van der Waals surface area (Å²) in [6.07, 6.45) is 0. The molecule has 0 atom stereocenters. The van der Waals surface area contributed by atoms with Crippen LogP contribution in [-0.2, 0) is 0 Å². The molecular weight excluding hydrogens is 178 g/mol. The van der Waals surface area contributed by atoms with E-state index in [1.807, 2.05) is 4.84 Å². The number of halogens is 1. The molecule has 1 N–H and O–H groups in total. The predicted molar refractivity (Wildman–Crippen MR) is 46.3 cm³/mol. The highest BCUT2D eigenvalue weighted by molar-refractivity contribution is 6.24. The van der Waals surface area contributed by atoms with Crippen molar-refractivity contribution in [2.24, 2.45) is 0 Å². The first kappa shape index (κ1) is 8.87. The number of methoxy groups -OCH3 is 1. The second-order valence-electron chi connectivity index (χ2n) is 2.16. The molecule has 0 aliphatic carbocycles. The molecule has 1 aromatic carbocycles. The van der Waals surface area contributed by atoms with E-state index in [4.69, 9.17) is 16.5 Å². The lowest BCUT2D eigenvalue weighted by Crippen LogP contribution is -2.11. The molecule has 0 saturated heterocycles. The Labute approximate surface area is 75.4 Å². The smallest absolute Gasteiger partial charge is 0.265 e. The zero-order valence-electron chi connectivity index (χ0n) is 6.50. The molecule has 0 aliphatic heterocycles. The SMILES string of the molecule is COc1cccc(C(=O)NCl)c1. The summed E-state index contributed by atoms with van der Waals surface area (Å²) >= 11 is 5.14. The summed E-state index contributed by atoms with van der Waals surface area (Å²) in [7, 11) is 1.54. The maximum absolute atomic E-state index is 11.0. The molecule has 0 aromatic heterocycles. The Morgan fingerprint density at radius 2 is 2.33 bits per heavy atom. The Balaban J connectivity index is 2.93. The van der Waals surface area contributed by atoms with Crippen LogP contribution in [0.2, 0.25) is 0 Å². The number of benzene rings is 1. The number of carbonyl (C=O) groups excluding carboxylic acids is 1. The Morgan fingerprint density at radius 1 is 1.58 bits per heavy atom. The Morgan fingerprint density at radius 3 is 2.92 bits per heavy atom. The second-order valence-corrected chi connectivity index (χ2v) is 2.34. The van der Waals surface area contributed by atoms with Gasteiger partial charge < -0.3 is 4.74 Å². The molecular formula is C8H8ClNO2. The maximum atomic E-state index is 11.0. The summed E-state index contributed by atoms with van der Waals surface area (Å²) in [6.45, 7) is 0. The standard InChI is InChI=1S/C8H8ClNO2/c1-12-7-4-2-3-6(5-7)8(11)10-9/h2-5H,1H3,(H,10,11). The molecule has 0 unspecified atom stereocenters. The average molecular weight is 186 g/mol.